The van der Waals surface area contributed by atoms with Crippen LogP contribution in [0.15, 0.2) is 34.1 Å². The summed E-state index contributed by atoms with van der Waals surface area (Å²) in [5.41, 5.74) is -0.0686. The van der Waals surface area contributed by atoms with Crippen molar-refractivity contribution in [3.05, 3.63) is 51.1 Å². The van der Waals surface area contributed by atoms with Gasteiger partial charge < -0.3 is 5.32 Å². The summed E-state index contributed by atoms with van der Waals surface area (Å²) in [6.45, 7) is 0.195. The van der Waals surface area contributed by atoms with Gasteiger partial charge in [-0.2, -0.15) is 5.10 Å². The summed E-state index contributed by atoms with van der Waals surface area (Å²) in [4.78, 5) is 34.8. The molecule has 2 aromatic rings. The van der Waals surface area contributed by atoms with E-state index in [9.17, 15) is 14.4 Å². The average molecular weight is 277 g/mol. The van der Waals surface area contributed by atoms with Gasteiger partial charge in [0.25, 0.3) is 5.56 Å². The average Bonchev–Trinajstić information content (AvgIpc) is 2.83. The molecule has 0 aliphatic carbocycles. The molecule has 0 atom stereocenters. The lowest BCUT2D eigenvalue weighted by atomic mass is 10.4. The van der Waals surface area contributed by atoms with E-state index in [1.54, 1.807) is 24.0 Å². The van der Waals surface area contributed by atoms with Gasteiger partial charge in [-0.05, 0) is 6.07 Å². The van der Waals surface area contributed by atoms with Crippen molar-refractivity contribution >= 4 is 5.91 Å². The fraction of sp³-hybridized carbons (Fsp3) is 0.333. The smallest absolute Gasteiger partial charge is 0.331 e. The lowest BCUT2D eigenvalue weighted by Gasteiger charge is -2.08. The molecule has 2 rings (SSSR count). The van der Waals surface area contributed by atoms with E-state index < -0.39 is 11.2 Å². The lowest BCUT2D eigenvalue weighted by Crippen LogP contribution is -2.40. The van der Waals surface area contributed by atoms with Crippen molar-refractivity contribution in [2.24, 2.45) is 14.1 Å². The molecule has 2 heterocycles. The largest absolute Gasteiger partial charge is 0.349 e. The van der Waals surface area contributed by atoms with Gasteiger partial charge in [-0.15, -0.1) is 0 Å². The summed E-state index contributed by atoms with van der Waals surface area (Å²) in [7, 11) is 3.15. The molecule has 0 fully saturated rings. The molecule has 20 heavy (non-hydrogen) atoms. The number of aryl methyl sites for hydroxylation is 1. The summed E-state index contributed by atoms with van der Waals surface area (Å²) in [6.07, 6.45) is 2.95. The molecule has 0 radical (unpaired) electrons. The second kappa shape index (κ2) is 5.55. The minimum absolute atomic E-state index is 0.134. The quantitative estimate of drug-likeness (QED) is 0.744. The van der Waals surface area contributed by atoms with Crippen molar-refractivity contribution in [3.8, 4) is 0 Å². The Morgan fingerprint density at radius 1 is 1.30 bits per heavy atom. The minimum atomic E-state index is -0.520. The molecular formula is C12H15N5O3. The first-order valence-electron chi connectivity index (χ1n) is 5.99. The number of amides is 1. The Labute approximate surface area is 114 Å². The third kappa shape index (κ3) is 2.85. The van der Waals surface area contributed by atoms with Gasteiger partial charge in [-0.3, -0.25) is 23.4 Å². The Hall–Kier alpha value is -2.64. The van der Waals surface area contributed by atoms with Crippen molar-refractivity contribution in [2.75, 3.05) is 0 Å². The zero-order valence-electron chi connectivity index (χ0n) is 11.2. The van der Waals surface area contributed by atoms with E-state index in [0.29, 0.717) is 6.54 Å². The molecule has 0 unspecified atom stereocenters. The van der Waals surface area contributed by atoms with Crippen LogP contribution >= 0.6 is 0 Å². The minimum Gasteiger partial charge on any atom is -0.349 e. The first-order chi connectivity index (χ1) is 9.49. The highest BCUT2D eigenvalue weighted by Crippen LogP contribution is 1.94. The Kier molecular flexibility index (Phi) is 3.83. The molecule has 1 amide bonds. The van der Waals surface area contributed by atoms with Crippen molar-refractivity contribution in [3.63, 3.8) is 0 Å². The summed E-state index contributed by atoms with van der Waals surface area (Å²) in [6, 6.07) is 3.04. The van der Waals surface area contributed by atoms with Gasteiger partial charge in [0.15, 0.2) is 0 Å². The van der Waals surface area contributed by atoms with Crippen molar-refractivity contribution < 1.29 is 4.79 Å². The van der Waals surface area contributed by atoms with Crippen LogP contribution in [0.3, 0.4) is 0 Å². The Bertz CT molecular complexity index is 740. The second-order valence-electron chi connectivity index (χ2n) is 4.35. The van der Waals surface area contributed by atoms with Crippen LogP contribution in [0.4, 0.5) is 0 Å². The number of nitrogens with zero attached hydrogens (tertiary/aromatic N) is 4. The van der Waals surface area contributed by atoms with Crippen LogP contribution in [0.5, 0.6) is 0 Å². The Morgan fingerprint density at radius 3 is 2.70 bits per heavy atom. The van der Waals surface area contributed by atoms with E-state index in [0.717, 1.165) is 10.3 Å². The molecule has 0 aliphatic heterocycles. The predicted octanol–water partition coefficient (Wildman–Crippen LogP) is -1.40. The topological polar surface area (TPSA) is 90.9 Å². The zero-order valence-corrected chi connectivity index (χ0v) is 11.2. The molecule has 8 heteroatoms. The molecule has 2 aromatic heterocycles. The number of hydrogen-bond donors (Lipinski definition) is 1. The van der Waals surface area contributed by atoms with Gasteiger partial charge in [0, 0.05) is 32.6 Å². The number of hydrogen-bond acceptors (Lipinski definition) is 4. The van der Waals surface area contributed by atoms with E-state index in [1.165, 1.54) is 23.9 Å². The van der Waals surface area contributed by atoms with E-state index >= 15 is 0 Å². The third-order valence-electron chi connectivity index (χ3n) is 2.96. The van der Waals surface area contributed by atoms with Crippen LogP contribution in [-0.2, 0) is 32.0 Å². The molecule has 0 saturated carbocycles. The summed E-state index contributed by atoms with van der Waals surface area (Å²) < 4.78 is 3.78. The highest BCUT2D eigenvalue weighted by Gasteiger charge is 2.07. The summed E-state index contributed by atoms with van der Waals surface area (Å²) >= 11 is 0. The number of carbonyl (C=O) groups is 1. The maximum Gasteiger partial charge on any atom is 0.331 e. The second-order valence-corrected chi connectivity index (χ2v) is 4.35. The van der Waals surface area contributed by atoms with Crippen molar-refractivity contribution in [2.45, 2.75) is 13.1 Å². The number of carbonyl (C=O) groups excluding carboxylic acids is 1. The maximum absolute atomic E-state index is 11.8. The Balaban J connectivity index is 2.02. The predicted molar refractivity (Wildman–Crippen MR) is 71.0 cm³/mol. The van der Waals surface area contributed by atoms with Crippen LogP contribution in [-0.4, -0.2) is 24.8 Å². The molecule has 0 aromatic carbocycles. The van der Waals surface area contributed by atoms with E-state index in [-0.39, 0.29) is 12.5 Å². The van der Waals surface area contributed by atoms with Gasteiger partial charge in [-0.1, -0.05) is 0 Å². The molecular weight excluding hydrogens is 262 g/mol. The standard InChI is InChI=1S/C12H15N5O3/c1-15-11(19)4-6-17(12(15)20)8-10(18)13-7-9-3-5-14-16(9)2/h3-6H,7-8H2,1-2H3,(H,13,18). The zero-order chi connectivity index (χ0) is 14.7. The Morgan fingerprint density at radius 2 is 2.05 bits per heavy atom. The van der Waals surface area contributed by atoms with Gasteiger partial charge >= 0.3 is 5.69 Å². The highest BCUT2D eigenvalue weighted by atomic mass is 16.2. The molecule has 1 N–H and O–H groups in total. The monoisotopic (exact) mass is 277 g/mol. The number of aromatic nitrogens is 4. The van der Waals surface area contributed by atoms with E-state index in [2.05, 4.69) is 10.4 Å². The van der Waals surface area contributed by atoms with Crippen LogP contribution in [0.25, 0.3) is 0 Å². The van der Waals surface area contributed by atoms with Gasteiger partial charge in [-0.25, -0.2) is 4.79 Å². The van der Waals surface area contributed by atoms with Crippen molar-refractivity contribution in [1.82, 2.24) is 24.2 Å². The SMILES string of the molecule is Cn1nccc1CNC(=O)Cn1ccc(=O)n(C)c1=O. The highest BCUT2D eigenvalue weighted by molar-refractivity contribution is 5.75. The molecule has 0 spiro atoms. The molecule has 0 bridgehead atoms. The van der Waals surface area contributed by atoms with E-state index in [1.807, 2.05) is 0 Å². The van der Waals surface area contributed by atoms with Crippen LogP contribution < -0.4 is 16.6 Å². The molecule has 0 saturated heterocycles. The van der Waals surface area contributed by atoms with E-state index in [4.69, 9.17) is 0 Å². The summed E-state index contributed by atoms with van der Waals surface area (Å²) in [5, 5.41) is 6.67. The molecule has 8 nitrogen and oxygen atoms in total. The van der Waals surface area contributed by atoms with Crippen LogP contribution in [0.1, 0.15) is 5.69 Å². The van der Waals surface area contributed by atoms with Gasteiger partial charge in [0.1, 0.15) is 6.54 Å². The number of rotatable bonds is 4. The van der Waals surface area contributed by atoms with Crippen LogP contribution in [0.2, 0.25) is 0 Å². The first-order valence-corrected chi connectivity index (χ1v) is 5.99. The fourth-order valence-corrected chi connectivity index (χ4v) is 1.71. The lowest BCUT2D eigenvalue weighted by molar-refractivity contribution is -0.121. The first kappa shape index (κ1) is 13.8. The maximum atomic E-state index is 11.8. The summed E-state index contributed by atoms with van der Waals surface area (Å²) in [5.74, 6) is -0.313. The fourth-order valence-electron chi connectivity index (χ4n) is 1.71. The molecule has 0 aliphatic rings. The van der Waals surface area contributed by atoms with Crippen LogP contribution in [0, 0.1) is 0 Å². The van der Waals surface area contributed by atoms with Gasteiger partial charge in [0.2, 0.25) is 5.91 Å². The van der Waals surface area contributed by atoms with Gasteiger partial charge in [0.05, 0.1) is 12.2 Å². The molecule has 106 valence electrons. The third-order valence-corrected chi connectivity index (χ3v) is 2.96. The van der Waals surface area contributed by atoms with Crippen molar-refractivity contribution in [1.29, 1.82) is 0 Å². The number of nitrogens with one attached hydrogen (secondary N) is 1. The normalized spacial score (nSPS) is 10.5.